The van der Waals surface area contributed by atoms with E-state index in [-0.39, 0.29) is 11.8 Å². The van der Waals surface area contributed by atoms with Crippen molar-refractivity contribution in [2.45, 2.75) is 52.4 Å². The highest BCUT2D eigenvalue weighted by atomic mass is 79.9. The number of rotatable bonds is 8. The van der Waals surface area contributed by atoms with Gasteiger partial charge in [0.1, 0.15) is 0 Å². The lowest BCUT2D eigenvalue weighted by atomic mass is 10.0. The predicted molar refractivity (Wildman–Crippen MR) is 120 cm³/mol. The zero-order valence-corrected chi connectivity index (χ0v) is 19.7. The Hall–Kier alpha value is -1.76. The van der Waals surface area contributed by atoms with E-state index >= 15 is 0 Å². The Morgan fingerprint density at radius 3 is 2.03 bits per heavy atom. The zero-order valence-electron chi connectivity index (χ0n) is 18.1. The summed E-state index contributed by atoms with van der Waals surface area (Å²) in [4.78, 5) is 29.2. The highest BCUT2D eigenvalue weighted by Gasteiger charge is 2.27. The van der Waals surface area contributed by atoms with Gasteiger partial charge in [0.05, 0.1) is 19.6 Å². The van der Waals surface area contributed by atoms with Crippen molar-refractivity contribution < 1.29 is 19.1 Å². The van der Waals surface area contributed by atoms with Gasteiger partial charge in [-0.05, 0) is 50.3 Å². The van der Waals surface area contributed by atoms with Crippen LogP contribution in [-0.2, 0) is 16.0 Å². The van der Waals surface area contributed by atoms with E-state index in [1.807, 2.05) is 35.8 Å². The Morgan fingerprint density at radius 1 is 0.933 bits per heavy atom. The fraction of sp³-hybridized carbons (Fsp3) is 0.652. The summed E-state index contributed by atoms with van der Waals surface area (Å²) in [6.07, 6.45) is 5.85. The number of hydrogen-bond acceptors (Lipinski definition) is 4. The molecule has 166 valence electrons. The molecule has 1 aromatic rings. The quantitative estimate of drug-likeness (QED) is 0.563. The summed E-state index contributed by atoms with van der Waals surface area (Å²) in [6.45, 7) is 7.40. The van der Waals surface area contributed by atoms with Crippen molar-refractivity contribution in [1.29, 1.82) is 0 Å². The van der Waals surface area contributed by atoms with Crippen LogP contribution in [0.15, 0.2) is 16.6 Å². The highest BCUT2D eigenvalue weighted by molar-refractivity contribution is 9.10. The molecule has 1 heterocycles. The maximum atomic E-state index is 12.9. The van der Waals surface area contributed by atoms with Gasteiger partial charge in [-0.15, -0.1) is 0 Å². The van der Waals surface area contributed by atoms with E-state index in [2.05, 4.69) is 15.9 Å². The topological polar surface area (TPSA) is 59.1 Å². The SMILES string of the molecule is CCOc1cc(Br)c(CC(=O)N2CCN(C(=O)CC3CCCC3)CC2)cc1OCC. The van der Waals surface area contributed by atoms with Gasteiger partial charge in [0, 0.05) is 37.1 Å². The van der Waals surface area contributed by atoms with Crippen LogP contribution in [0.1, 0.15) is 51.5 Å². The predicted octanol–water partition coefficient (Wildman–Crippen LogP) is 4.04. The molecule has 0 aromatic heterocycles. The van der Waals surface area contributed by atoms with Gasteiger partial charge in [0.2, 0.25) is 11.8 Å². The van der Waals surface area contributed by atoms with Gasteiger partial charge in [0.15, 0.2) is 11.5 Å². The summed E-state index contributed by atoms with van der Waals surface area (Å²) in [5.41, 5.74) is 0.881. The minimum Gasteiger partial charge on any atom is -0.490 e. The molecule has 0 radical (unpaired) electrons. The normalized spacial score (nSPS) is 17.3. The highest BCUT2D eigenvalue weighted by Crippen LogP contribution is 2.34. The summed E-state index contributed by atoms with van der Waals surface area (Å²) in [5, 5.41) is 0. The van der Waals surface area contributed by atoms with Crippen LogP contribution in [0.3, 0.4) is 0 Å². The molecule has 1 aromatic carbocycles. The van der Waals surface area contributed by atoms with Gasteiger partial charge in [-0.25, -0.2) is 0 Å². The number of halogens is 1. The fourth-order valence-corrected chi connectivity index (χ4v) is 4.78. The van der Waals surface area contributed by atoms with E-state index in [9.17, 15) is 9.59 Å². The van der Waals surface area contributed by atoms with Crippen molar-refractivity contribution in [2.24, 2.45) is 5.92 Å². The van der Waals surface area contributed by atoms with E-state index in [0.717, 1.165) is 10.0 Å². The van der Waals surface area contributed by atoms with Crippen LogP contribution >= 0.6 is 15.9 Å². The number of ether oxygens (including phenoxy) is 2. The zero-order chi connectivity index (χ0) is 21.5. The van der Waals surface area contributed by atoms with E-state index in [1.54, 1.807) is 0 Å². The summed E-state index contributed by atoms with van der Waals surface area (Å²) >= 11 is 3.57. The Morgan fingerprint density at radius 2 is 1.47 bits per heavy atom. The van der Waals surface area contributed by atoms with Crippen molar-refractivity contribution in [3.8, 4) is 11.5 Å². The minimum absolute atomic E-state index is 0.0743. The number of carbonyl (C=O) groups is 2. The molecule has 0 bridgehead atoms. The van der Waals surface area contributed by atoms with Crippen LogP contribution in [0.25, 0.3) is 0 Å². The lowest BCUT2D eigenvalue weighted by Crippen LogP contribution is -2.51. The number of hydrogen-bond donors (Lipinski definition) is 0. The number of benzene rings is 1. The Labute approximate surface area is 188 Å². The van der Waals surface area contributed by atoms with Gasteiger partial charge in [-0.3, -0.25) is 9.59 Å². The van der Waals surface area contributed by atoms with Crippen LogP contribution in [0.2, 0.25) is 0 Å². The third-order valence-corrected chi connectivity index (χ3v) is 6.72. The van der Waals surface area contributed by atoms with Crippen LogP contribution in [0.5, 0.6) is 11.5 Å². The Bertz CT molecular complexity index is 741. The van der Waals surface area contributed by atoms with E-state index < -0.39 is 0 Å². The van der Waals surface area contributed by atoms with Crippen LogP contribution in [0.4, 0.5) is 0 Å². The third-order valence-electron chi connectivity index (χ3n) is 5.98. The van der Waals surface area contributed by atoms with Crippen LogP contribution < -0.4 is 9.47 Å². The molecule has 0 spiro atoms. The first-order valence-corrected chi connectivity index (χ1v) is 11.9. The molecule has 1 saturated heterocycles. The first kappa shape index (κ1) is 22.9. The maximum absolute atomic E-state index is 12.9. The van der Waals surface area contributed by atoms with E-state index in [0.29, 0.717) is 69.7 Å². The number of amides is 2. The lowest BCUT2D eigenvalue weighted by Gasteiger charge is -2.35. The first-order chi connectivity index (χ1) is 14.5. The molecule has 2 amide bonds. The molecule has 2 fully saturated rings. The largest absolute Gasteiger partial charge is 0.490 e. The van der Waals surface area contributed by atoms with Gasteiger partial charge < -0.3 is 19.3 Å². The summed E-state index contributed by atoms with van der Waals surface area (Å²) < 4.78 is 12.2. The molecule has 3 rings (SSSR count). The number of piperazine rings is 1. The molecule has 1 aliphatic heterocycles. The molecule has 0 N–H and O–H groups in total. The summed E-state index contributed by atoms with van der Waals surface area (Å²) in [6, 6.07) is 3.76. The number of nitrogens with zero attached hydrogens (tertiary/aromatic N) is 2. The third kappa shape index (κ3) is 5.90. The molecule has 0 unspecified atom stereocenters. The lowest BCUT2D eigenvalue weighted by molar-refractivity contribution is -0.139. The Balaban J connectivity index is 1.55. The minimum atomic E-state index is 0.0743. The van der Waals surface area contributed by atoms with Gasteiger partial charge >= 0.3 is 0 Å². The molecule has 30 heavy (non-hydrogen) atoms. The second-order valence-corrected chi connectivity index (χ2v) is 8.90. The molecular weight excluding hydrogens is 448 g/mol. The molecular formula is C23H33BrN2O4. The average molecular weight is 481 g/mol. The van der Waals surface area contributed by atoms with Crippen molar-refractivity contribution in [2.75, 3.05) is 39.4 Å². The monoisotopic (exact) mass is 480 g/mol. The van der Waals surface area contributed by atoms with Gasteiger partial charge in [-0.1, -0.05) is 28.8 Å². The second-order valence-electron chi connectivity index (χ2n) is 8.05. The van der Waals surface area contributed by atoms with Gasteiger partial charge in [0.25, 0.3) is 0 Å². The van der Waals surface area contributed by atoms with Crippen molar-refractivity contribution in [3.05, 3.63) is 22.2 Å². The van der Waals surface area contributed by atoms with E-state index in [4.69, 9.17) is 9.47 Å². The molecule has 7 heteroatoms. The van der Waals surface area contributed by atoms with Crippen molar-refractivity contribution in [3.63, 3.8) is 0 Å². The summed E-state index contributed by atoms with van der Waals surface area (Å²) in [7, 11) is 0. The van der Waals surface area contributed by atoms with Crippen LogP contribution in [-0.4, -0.2) is 61.0 Å². The molecule has 6 nitrogen and oxygen atoms in total. The molecule has 1 saturated carbocycles. The number of carbonyl (C=O) groups excluding carboxylic acids is 2. The average Bonchev–Trinajstić information content (AvgIpc) is 3.24. The summed E-state index contributed by atoms with van der Waals surface area (Å²) in [5.74, 6) is 2.23. The Kier molecular flexibility index (Phi) is 8.42. The van der Waals surface area contributed by atoms with Crippen molar-refractivity contribution in [1.82, 2.24) is 9.80 Å². The van der Waals surface area contributed by atoms with Crippen LogP contribution in [0, 0.1) is 5.92 Å². The fourth-order valence-electron chi connectivity index (χ4n) is 4.32. The smallest absolute Gasteiger partial charge is 0.227 e. The van der Waals surface area contributed by atoms with Crippen molar-refractivity contribution >= 4 is 27.7 Å². The molecule has 0 atom stereocenters. The second kappa shape index (κ2) is 11.0. The standard InChI is InChI=1S/C23H33BrN2O4/c1-3-29-20-14-18(19(24)16-21(20)30-4-2)15-23(28)26-11-9-25(10-12-26)22(27)13-17-7-5-6-8-17/h14,16-17H,3-13,15H2,1-2H3. The first-order valence-electron chi connectivity index (χ1n) is 11.1. The maximum Gasteiger partial charge on any atom is 0.227 e. The van der Waals surface area contributed by atoms with Gasteiger partial charge in [-0.2, -0.15) is 0 Å². The van der Waals surface area contributed by atoms with E-state index in [1.165, 1.54) is 25.7 Å². The molecule has 1 aliphatic carbocycles. The molecule has 2 aliphatic rings.